The number of rotatable bonds is 6. The van der Waals surface area contributed by atoms with Crippen LogP contribution in [-0.2, 0) is 21.4 Å². The highest BCUT2D eigenvalue weighted by Gasteiger charge is 2.11. The van der Waals surface area contributed by atoms with Crippen LogP contribution in [0, 0.1) is 0 Å². The molecule has 3 rings (SSSR count). The number of nitrogens with zero attached hydrogens (tertiary/aromatic N) is 2. The summed E-state index contributed by atoms with van der Waals surface area (Å²) in [5.41, 5.74) is 1.17. The van der Waals surface area contributed by atoms with Crippen molar-refractivity contribution in [1.82, 2.24) is 9.78 Å². The Labute approximate surface area is 166 Å². The van der Waals surface area contributed by atoms with E-state index in [9.17, 15) is 18.0 Å². The molecule has 0 radical (unpaired) electrons. The minimum absolute atomic E-state index is 0.0700. The molecule has 9 nitrogen and oxygen atoms in total. The van der Waals surface area contributed by atoms with E-state index in [1.807, 2.05) is 6.07 Å². The number of nitrogens with two attached hydrogens (primary N) is 1. The number of carbonyl (C=O) groups is 1. The van der Waals surface area contributed by atoms with Crippen molar-refractivity contribution in [2.24, 2.45) is 5.14 Å². The van der Waals surface area contributed by atoms with E-state index in [1.165, 1.54) is 30.3 Å². The van der Waals surface area contributed by atoms with Gasteiger partial charge in [0.2, 0.25) is 15.9 Å². The van der Waals surface area contributed by atoms with Gasteiger partial charge in [0.05, 0.1) is 17.7 Å². The smallest absolute Gasteiger partial charge is 0.267 e. The standard InChI is InChI=1S/C19H18N4O5S/c1-28-15-4-2-3-13(11-15)17-9-10-19(25)23(22-17)12-18(24)21-14-5-7-16(8-6-14)29(20,26)27/h2-11H,12H2,1H3,(H,21,24)(H2,20,26,27). The summed E-state index contributed by atoms with van der Waals surface area (Å²) in [7, 11) is -2.27. The van der Waals surface area contributed by atoms with Crippen LogP contribution >= 0.6 is 0 Å². The molecule has 0 saturated carbocycles. The number of nitrogens with one attached hydrogen (secondary N) is 1. The second-order valence-electron chi connectivity index (χ2n) is 6.06. The Balaban J connectivity index is 1.77. The normalized spacial score (nSPS) is 11.1. The van der Waals surface area contributed by atoms with Gasteiger partial charge < -0.3 is 10.1 Å². The number of aromatic nitrogens is 2. The molecule has 0 saturated heterocycles. The van der Waals surface area contributed by atoms with Crippen LogP contribution in [0.2, 0.25) is 0 Å². The fourth-order valence-corrected chi connectivity index (χ4v) is 3.08. The van der Waals surface area contributed by atoms with E-state index < -0.39 is 21.5 Å². The van der Waals surface area contributed by atoms with Gasteiger partial charge in [-0.2, -0.15) is 5.10 Å². The van der Waals surface area contributed by atoms with Gasteiger partial charge in [0.25, 0.3) is 5.56 Å². The number of hydrogen-bond acceptors (Lipinski definition) is 6. The number of primary sulfonamides is 1. The van der Waals surface area contributed by atoms with Gasteiger partial charge >= 0.3 is 0 Å². The van der Waals surface area contributed by atoms with Crippen LogP contribution in [0.4, 0.5) is 5.69 Å². The van der Waals surface area contributed by atoms with Gasteiger partial charge in [-0.25, -0.2) is 18.2 Å². The van der Waals surface area contributed by atoms with Crippen LogP contribution in [-0.4, -0.2) is 31.2 Å². The topological polar surface area (TPSA) is 133 Å². The van der Waals surface area contributed by atoms with Crippen molar-refractivity contribution in [2.75, 3.05) is 12.4 Å². The predicted molar refractivity (Wildman–Crippen MR) is 107 cm³/mol. The first kappa shape index (κ1) is 20.2. The predicted octanol–water partition coefficient (Wildman–Crippen LogP) is 1.20. The van der Waals surface area contributed by atoms with Gasteiger partial charge in [-0.05, 0) is 42.5 Å². The van der Waals surface area contributed by atoms with Gasteiger partial charge in [0.1, 0.15) is 12.3 Å². The lowest BCUT2D eigenvalue weighted by molar-refractivity contribution is -0.117. The largest absolute Gasteiger partial charge is 0.497 e. The summed E-state index contributed by atoms with van der Waals surface area (Å²) >= 11 is 0. The monoisotopic (exact) mass is 414 g/mol. The molecule has 0 unspecified atom stereocenters. The SMILES string of the molecule is COc1cccc(-c2ccc(=O)n(CC(=O)Nc3ccc(S(N)(=O)=O)cc3)n2)c1. The van der Waals surface area contributed by atoms with Crippen molar-refractivity contribution in [1.29, 1.82) is 0 Å². The van der Waals surface area contributed by atoms with E-state index in [2.05, 4.69) is 10.4 Å². The van der Waals surface area contributed by atoms with Gasteiger partial charge in [0.15, 0.2) is 0 Å². The molecule has 2 aromatic carbocycles. The third-order valence-corrected chi connectivity index (χ3v) is 4.92. The molecule has 0 bridgehead atoms. The first-order valence-electron chi connectivity index (χ1n) is 8.41. The second kappa shape index (κ2) is 8.25. The zero-order chi connectivity index (χ0) is 21.0. The number of anilines is 1. The Morgan fingerprint density at radius 1 is 1.14 bits per heavy atom. The van der Waals surface area contributed by atoms with E-state index in [-0.39, 0.29) is 11.4 Å². The number of ether oxygens (including phenoxy) is 1. The molecule has 150 valence electrons. The molecule has 0 aliphatic heterocycles. The van der Waals surface area contributed by atoms with Crippen LogP contribution in [0.25, 0.3) is 11.3 Å². The van der Waals surface area contributed by atoms with Crippen molar-refractivity contribution in [3.8, 4) is 17.0 Å². The summed E-state index contributed by atoms with van der Waals surface area (Å²) in [6.07, 6.45) is 0. The molecule has 3 N–H and O–H groups in total. The van der Waals surface area contributed by atoms with E-state index in [4.69, 9.17) is 9.88 Å². The lowest BCUT2D eigenvalue weighted by Crippen LogP contribution is -2.29. The van der Waals surface area contributed by atoms with Gasteiger partial charge in [-0.1, -0.05) is 12.1 Å². The third kappa shape index (κ3) is 5.06. The summed E-state index contributed by atoms with van der Waals surface area (Å²) < 4.78 is 28.8. The van der Waals surface area contributed by atoms with Crippen LogP contribution in [0.5, 0.6) is 5.75 Å². The van der Waals surface area contributed by atoms with Crippen molar-refractivity contribution in [2.45, 2.75) is 11.4 Å². The maximum Gasteiger partial charge on any atom is 0.267 e. The number of hydrogen-bond donors (Lipinski definition) is 2. The number of sulfonamides is 1. The maximum absolute atomic E-state index is 12.3. The molecule has 0 fully saturated rings. The minimum Gasteiger partial charge on any atom is -0.497 e. The Kier molecular flexibility index (Phi) is 5.76. The van der Waals surface area contributed by atoms with E-state index in [1.54, 1.807) is 31.4 Å². The molecule has 0 spiro atoms. The Morgan fingerprint density at radius 2 is 1.86 bits per heavy atom. The zero-order valence-electron chi connectivity index (χ0n) is 15.4. The van der Waals surface area contributed by atoms with Crippen LogP contribution in [0.3, 0.4) is 0 Å². The summed E-state index contributed by atoms with van der Waals surface area (Å²) in [6.45, 7) is -0.312. The van der Waals surface area contributed by atoms with Gasteiger partial charge in [-0.15, -0.1) is 0 Å². The maximum atomic E-state index is 12.3. The zero-order valence-corrected chi connectivity index (χ0v) is 16.2. The number of methoxy groups -OCH3 is 1. The van der Waals surface area contributed by atoms with Crippen molar-refractivity contribution in [3.05, 3.63) is 71.0 Å². The van der Waals surface area contributed by atoms with Crippen LogP contribution in [0.15, 0.2) is 70.4 Å². The minimum atomic E-state index is -3.82. The first-order chi connectivity index (χ1) is 13.8. The fraction of sp³-hybridized carbons (Fsp3) is 0.105. The highest BCUT2D eigenvalue weighted by Crippen LogP contribution is 2.21. The molecule has 3 aromatic rings. The van der Waals surface area contributed by atoms with Crippen molar-refractivity contribution in [3.63, 3.8) is 0 Å². The van der Waals surface area contributed by atoms with Crippen molar-refractivity contribution < 1.29 is 17.9 Å². The highest BCUT2D eigenvalue weighted by atomic mass is 32.2. The molecule has 0 atom stereocenters. The lowest BCUT2D eigenvalue weighted by atomic mass is 10.1. The van der Waals surface area contributed by atoms with Crippen LogP contribution in [0.1, 0.15) is 0 Å². The summed E-state index contributed by atoms with van der Waals surface area (Å²) in [6, 6.07) is 15.4. The van der Waals surface area contributed by atoms with Crippen LogP contribution < -0.4 is 20.8 Å². The highest BCUT2D eigenvalue weighted by molar-refractivity contribution is 7.89. The fourth-order valence-electron chi connectivity index (χ4n) is 2.56. The average Bonchev–Trinajstić information content (AvgIpc) is 2.69. The molecule has 1 heterocycles. The second-order valence-corrected chi connectivity index (χ2v) is 7.63. The molecular formula is C19H18N4O5S. The Morgan fingerprint density at radius 3 is 2.52 bits per heavy atom. The molecule has 0 aliphatic rings. The van der Waals surface area contributed by atoms with E-state index in [0.717, 1.165) is 10.2 Å². The average molecular weight is 414 g/mol. The van der Waals surface area contributed by atoms with Crippen molar-refractivity contribution >= 4 is 21.6 Å². The Bertz CT molecular complexity index is 1200. The van der Waals surface area contributed by atoms with Gasteiger partial charge in [-0.3, -0.25) is 9.59 Å². The molecule has 29 heavy (non-hydrogen) atoms. The Hall–Kier alpha value is -3.50. The lowest BCUT2D eigenvalue weighted by Gasteiger charge is -2.09. The number of amides is 1. The van der Waals surface area contributed by atoms with E-state index in [0.29, 0.717) is 17.1 Å². The number of benzene rings is 2. The number of carbonyl (C=O) groups excluding carboxylic acids is 1. The summed E-state index contributed by atoms with van der Waals surface area (Å²) in [4.78, 5) is 24.3. The first-order valence-corrected chi connectivity index (χ1v) is 9.96. The van der Waals surface area contributed by atoms with Gasteiger partial charge in [0, 0.05) is 17.3 Å². The molecular weight excluding hydrogens is 396 g/mol. The summed E-state index contributed by atoms with van der Waals surface area (Å²) in [5.74, 6) is 0.147. The van der Waals surface area contributed by atoms with E-state index >= 15 is 0 Å². The molecule has 1 amide bonds. The molecule has 0 aliphatic carbocycles. The third-order valence-electron chi connectivity index (χ3n) is 3.99. The molecule has 10 heteroatoms. The quantitative estimate of drug-likeness (QED) is 0.623. The molecule has 1 aromatic heterocycles. The summed E-state index contributed by atoms with van der Waals surface area (Å²) in [5, 5.41) is 11.9.